The van der Waals surface area contributed by atoms with Crippen molar-refractivity contribution >= 4 is 5.97 Å². The van der Waals surface area contributed by atoms with Gasteiger partial charge in [-0.3, -0.25) is 0 Å². The van der Waals surface area contributed by atoms with E-state index < -0.39 is 11.9 Å². The van der Waals surface area contributed by atoms with Gasteiger partial charge in [-0.2, -0.15) is 0 Å². The monoisotopic (exact) mass is 429 g/mol. The highest BCUT2D eigenvalue weighted by Gasteiger charge is 2.38. The summed E-state index contributed by atoms with van der Waals surface area (Å²) in [5.74, 6) is 1.57. The number of nitrogens with two attached hydrogens (primary N) is 1. The second kappa shape index (κ2) is 8.17. The Kier molecular flexibility index (Phi) is 5.41. The Morgan fingerprint density at radius 1 is 1.00 bits per heavy atom. The van der Waals surface area contributed by atoms with Crippen LogP contribution in [0.3, 0.4) is 0 Å². The summed E-state index contributed by atoms with van der Waals surface area (Å²) in [5, 5.41) is 0. The Labute approximate surface area is 179 Å². The molecule has 4 rings (SSSR count). The minimum Gasteiger partial charge on any atom is -0.493 e. The highest BCUT2D eigenvalue weighted by molar-refractivity contribution is 5.93. The Bertz CT molecular complexity index is 1040. The summed E-state index contributed by atoms with van der Waals surface area (Å²) in [4.78, 5) is 12.9. The van der Waals surface area contributed by atoms with Crippen LogP contribution in [-0.4, -0.2) is 40.7 Å². The lowest BCUT2D eigenvalue weighted by atomic mass is 9.82. The van der Waals surface area contributed by atoms with Gasteiger partial charge in [0.15, 0.2) is 23.0 Å². The van der Waals surface area contributed by atoms with Gasteiger partial charge in [-0.25, -0.2) is 4.79 Å². The number of methoxy groups -OCH3 is 3. The molecule has 2 aromatic rings. The standard InChI is InChI=1S/C22H23NO8/c1-5-28-22(24)19-18(11-6-16(25-2)20(27-4)17(7-11)26-3)12-8-14-15(30-10-29-14)9-13(12)31-21(19)23/h6-9,18H,5,10,23H2,1-4H3. The molecule has 0 bridgehead atoms. The van der Waals surface area contributed by atoms with Crippen molar-refractivity contribution in [2.45, 2.75) is 12.8 Å². The van der Waals surface area contributed by atoms with Gasteiger partial charge in [0.05, 0.1) is 33.9 Å². The number of ether oxygens (including phenoxy) is 7. The number of carbonyl (C=O) groups is 1. The highest BCUT2D eigenvalue weighted by Crippen LogP contribution is 2.50. The zero-order valence-corrected chi connectivity index (χ0v) is 17.6. The van der Waals surface area contributed by atoms with Crippen LogP contribution in [0.2, 0.25) is 0 Å². The SMILES string of the molecule is CCOC(=O)C1=C(N)Oc2cc3c(cc2C1c1cc(OC)c(OC)c(OC)c1)OCO3. The van der Waals surface area contributed by atoms with Crippen molar-refractivity contribution in [3.8, 4) is 34.5 Å². The molecule has 1 atom stereocenters. The molecular formula is C22H23NO8. The van der Waals surface area contributed by atoms with E-state index in [0.29, 0.717) is 45.6 Å². The molecule has 0 amide bonds. The molecule has 2 N–H and O–H groups in total. The number of carbonyl (C=O) groups excluding carboxylic acids is 1. The fourth-order valence-electron chi connectivity index (χ4n) is 3.77. The van der Waals surface area contributed by atoms with Gasteiger partial charge in [0.2, 0.25) is 18.4 Å². The van der Waals surface area contributed by atoms with Crippen molar-refractivity contribution in [3.63, 3.8) is 0 Å². The van der Waals surface area contributed by atoms with E-state index in [0.717, 1.165) is 0 Å². The molecule has 0 spiro atoms. The molecule has 0 radical (unpaired) electrons. The summed E-state index contributed by atoms with van der Waals surface area (Å²) in [7, 11) is 4.56. The predicted octanol–water partition coefficient (Wildman–Crippen LogP) is 2.70. The van der Waals surface area contributed by atoms with Crippen molar-refractivity contribution in [1.29, 1.82) is 0 Å². The van der Waals surface area contributed by atoms with E-state index in [-0.39, 0.29) is 24.9 Å². The fourth-order valence-corrected chi connectivity index (χ4v) is 3.77. The lowest BCUT2D eigenvalue weighted by Crippen LogP contribution is -2.27. The lowest BCUT2D eigenvalue weighted by molar-refractivity contribution is -0.139. The summed E-state index contributed by atoms with van der Waals surface area (Å²) in [5.41, 5.74) is 7.69. The van der Waals surface area contributed by atoms with Gasteiger partial charge in [0.25, 0.3) is 0 Å². The number of fused-ring (bicyclic) bond motifs is 2. The third-order valence-corrected chi connectivity index (χ3v) is 5.11. The largest absolute Gasteiger partial charge is 0.493 e. The van der Waals surface area contributed by atoms with Crippen LogP contribution >= 0.6 is 0 Å². The number of esters is 1. The maximum atomic E-state index is 12.9. The molecular weight excluding hydrogens is 406 g/mol. The second-order valence-electron chi connectivity index (χ2n) is 6.74. The molecule has 9 nitrogen and oxygen atoms in total. The van der Waals surface area contributed by atoms with E-state index in [2.05, 4.69) is 0 Å². The molecule has 9 heteroatoms. The molecule has 0 saturated heterocycles. The van der Waals surface area contributed by atoms with Gasteiger partial charge in [0, 0.05) is 11.6 Å². The van der Waals surface area contributed by atoms with Crippen LogP contribution in [0.1, 0.15) is 24.0 Å². The minimum atomic E-state index is -0.633. The van der Waals surface area contributed by atoms with Crippen molar-refractivity contribution in [3.05, 3.63) is 46.8 Å². The average Bonchev–Trinajstić information content (AvgIpc) is 3.23. The predicted molar refractivity (Wildman–Crippen MR) is 109 cm³/mol. The first-order chi connectivity index (χ1) is 15.0. The van der Waals surface area contributed by atoms with E-state index in [9.17, 15) is 4.79 Å². The van der Waals surface area contributed by atoms with E-state index in [1.165, 1.54) is 21.3 Å². The Morgan fingerprint density at radius 2 is 1.65 bits per heavy atom. The van der Waals surface area contributed by atoms with Gasteiger partial charge in [-0.1, -0.05) is 0 Å². The van der Waals surface area contributed by atoms with E-state index in [1.54, 1.807) is 31.2 Å². The van der Waals surface area contributed by atoms with E-state index >= 15 is 0 Å². The number of hydrogen-bond acceptors (Lipinski definition) is 9. The lowest BCUT2D eigenvalue weighted by Gasteiger charge is -2.29. The molecule has 2 aliphatic heterocycles. The van der Waals surface area contributed by atoms with Gasteiger partial charge < -0.3 is 38.9 Å². The van der Waals surface area contributed by atoms with Gasteiger partial charge in [0.1, 0.15) is 11.3 Å². The van der Waals surface area contributed by atoms with Crippen LogP contribution in [0.4, 0.5) is 0 Å². The van der Waals surface area contributed by atoms with Gasteiger partial charge in [-0.15, -0.1) is 0 Å². The normalized spacial score (nSPS) is 16.3. The van der Waals surface area contributed by atoms with Crippen LogP contribution in [-0.2, 0) is 9.53 Å². The molecule has 1 unspecified atom stereocenters. The Balaban J connectivity index is 1.96. The second-order valence-corrected chi connectivity index (χ2v) is 6.74. The van der Waals surface area contributed by atoms with Crippen molar-refractivity contribution in [2.75, 3.05) is 34.7 Å². The number of rotatable bonds is 6. The first-order valence-electron chi connectivity index (χ1n) is 9.60. The number of benzene rings is 2. The maximum absolute atomic E-state index is 12.9. The molecule has 2 aromatic carbocycles. The average molecular weight is 429 g/mol. The smallest absolute Gasteiger partial charge is 0.340 e. The van der Waals surface area contributed by atoms with Gasteiger partial charge in [-0.05, 0) is 30.7 Å². The van der Waals surface area contributed by atoms with Crippen LogP contribution in [0.25, 0.3) is 0 Å². The quantitative estimate of drug-likeness (QED) is 0.694. The fraction of sp³-hybridized carbons (Fsp3) is 0.318. The van der Waals surface area contributed by atoms with Crippen molar-refractivity contribution in [1.82, 2.24) is 0 Å². The zero-order valence-electron chi connectivity index (χ0n) is 17.6. The van der Waals surface area contributed by atoms with Crippen LogP contribution in [0.5, 0.6) is 34.5 Å². The van der Waals surface area contributed by atoms with E-state index in [1.807, 2.05) is 0 Å². The van der Waals surface area contributed by atoms with Crippen LogP contribution < -0.4 is 34.2 Å². The Morgan fingerprint density at radius 3 is 2.23 bits per heavy atom. The molecule has 31 heavy (non-hydrogen) atoms. The van der Waals surface area contributed by atoms with Crippen LogP contribution in [0.15, 0.2) is 35.7 Å². The molecule has 0 aliphatic carbocycles. The van der Waals surface area contributed by atoms with Crippen molar-refractivity contribution < 1.29 is 38.0 Å². The topological polar surface area (TPSA) is 108 Å². The summed E-state index contributed by atoms with van der Waals surface area (Å²) in [6.07, 6.45) is 0. The molecule has 0 aromatic heterocycles. The van der Waals surface area contributed by atoms with Gasteiger partial charge >= 0.3 is 5.97 Å². The molecule has 164 valence electrons. The maximum Gasteiger partial charge on any atom is 0.340 e. The number of hydrogen-bond donors (Lipinski definition) is 1. The molecule has 0 fully saturated rings. The highest BCUT2D eigenvalue weighted by atomic mass is 16.7. The first-order valence-corrected chi connectivity index (χ1v) is 9.60. The van der Waals surface area contributed by atoms with E-state index in [4.69, 9.17) is 38.9 Å². The Hall–Kier alpha value is -3.75. The summed E-state index contributed by atoms with van der Waals surface area (Å²) < 4.78 is 38.5. The minimum absolute atomic E-state index is 0.0523. The molecule has 2 heterocycles. The third kappa shape index (κ3) is 3.41. The van der Waals surface area contributed by atoms with Crippen molar-refractivity contribution in [2.24, 2.45) is 5.73 Å². The summed E-state index contributed by atoms with van der Waals surface area (Å²) in [6, 6.07) is 6.99. The first kappa shape index (κ1) is 20.5. The summed E-state index contributed by atoms with van der Waals surface area (Å²) in [6.45, 7) is 2.01. The summed E-state index contributed by atoms with van der Waals surface area (Å²) >= 11 is 0. The van der Waals surface area contributed by atoms with Crippen LogP contribution in [0, 0.1) is 0 Å². The molecule has 0 saturated carbocycles. The zero-order chi connectivity index (χ0) is 22.1. The third-order valence-electron chi connectivity index (χ3n) is 5.11. The molecule has 2 aliphatic rings.